The Hall–Kier alpha value is -0.930. The summed E-state index contributed by atoms with van der Waals surface area (Å²) >= 11 is 0. The molecule has 1 aromatic rings. The Morgan fingerprint density at radius 3 is 2.75 bits per heavy atom. The third-order valence-electron chi connectivity index (χ3n) is 2.44. The van der Waals surface area contributed by atoms with Crippen molar-refractivity contribution in [2.75, 3.05) is 0 Å². The molecule has 0 spiro atoms. The molecular weight excluding hydrogens is 152 g/mol. The highest BCUT2D eigenvalue weighted by Gasteiger charge is 2.18. The van der Waals surface area contributed by atoms with E-state index < -0.39 is 0 Å². The molecule has 0 bridgehead atoms. The Labute approximate surface area is 72.0 Å². The number of aryl methyl sites for hydroxylation is 1. The minimum absolute atomic E-state index is 0.526. The lowest BCUT2D eigenvalue weighted by molar-refractivity contribution is 0.403. The zero-order valence-electron chi connectivity index (χ0n) is 7.40. The van der Waals surface area contributed by atoms with Crippen molar-refractivity contribution < 1.29 is 0 Å². The predicted octanol–water partition coefficient (Wildman–Crippen LogP) is 1.35. The van der Waals surface area contributed by atoms with Crippen LogP contribution in [0.3, 0.4) is 0 Å². The van der Waals surface area contributed by atoms with Crippen LogP contribution in [0, 0.1) is 0 Å². The molecule has 2 rings (SSSR count). The molecule has 0 aromatic carbocycles. The second-order valence-electron chi connectivity index (χ2n) is 3.32. The van der Waals surface area contributed by atoms with Crippen molar-refractivity contribution >= 4 is 0 Å². The van der Waals surface area contributed by atoms with Gasteiger partial charge in [-0.15, -0.1) is 10.2 Å². The van der Waals surface area contributed by atoms with Gasteiger partial charge in [0.1, 0.15) is 0 Å². The van der Waals surface area contributed by atoms with Crippen molar-refractivity contribution in [2.24, 2.45) is 0 Å². The van der Waals surface area contributed by atoms with Gasteiger partial charge in [-0.1, -0.05) is 19.8 Å². The first-order chi connectivity index (χ1) is 5.90. The molecule has 0 radical (unpaired) electrons. The molecule has 1 fully saturated rings. The average molecular weight is 166 g/mol. The Kier molecular flexibility index (Phi) is 2.06. The number of aromatic nitrogens is 4. The third-order valence-corrected chi connectivity index (χ3v) is 2.44. The molecule has 1 saturated carbocycles. The molecule has 0 atom stereocenters. The first kappa shape index (κ1) is 7.71. The summed E-state index contributed by atoms with van der Waals surface area (Å²) in [5, 5.41) is 12.3. The largest absolute Gasteiger partial charge is 0.174 e. The Balaban J connectivity index is 2.11. The average Bonchev–Trinajstić information content (AvgIpc) is 2.75. The van der Waals surface area contributed by atoms with Crippen LogP contribution in [0.4, 0.5) is 0 Å². The fourth-order valence-corrected chi connectivity index (χ4v) is 1.69. The first-order valence-corrected chi connectivity index (χ1v) is 4.68. The fourth-order valence-electron chi connectivity index (χ4n) is 1.69. The highest BCUT2D eigenvalue weighted by Crippen LogP contribution is 2.27. The smallest absolute Gasteiger partial charge is 0.161 e. The first-order valence-electron chi connectivity index (χ1n) is 4.68. The number of hydrogen-bond donors (Lipinski definition) is 0. The zero-order valence-corrected chi connectivity index (χ0v) is 7.40. The van der Waals surface area contributed by atoms with E-state index in [9.17, 15) is 0 Å². The zero-order chi connectivity index (χ0) is 8.39. The van der Waals surface area contributed by atoms with Crippen LogP contribution >= 0.6 is 0 Å². The molecular formula is C8H14N4. The maximum atomic E-state index is 4.31. The van der Waals surface area contributed by atoms with Gasteiger partial charge in [0.25, 0.3) is 0 Å². The van der Waals surface area contributed by atoms with Gasteiger partial charge in [-0.25, -0.2) is 0 Å². The standard InChI is InChI=1S/C8H14N4/c1-2-8-9-11-12(10-8)7-5-3-4-6-7/h7H,2-6H2,1H3. The van der Waals surface area contributed by atoms with Crippen LogP contribution in [0.5, 0.6) is 0 Å². The number of rotatable bonds is 2. The SMILES string of the molecule is CCc1nnn(C2CCCC2)n1. The van der Waals surface area contributed by atoms with Crippen molar-refractivity contribution in [3.8, 4) is 0 Å². The lowest BCUT2D eigenvalue weighted by Crippen LogP contribution is -2.08. The van der Waals surface area contributed by atoms with Crippen molar-refractivity contribution in [3.63, 3.8) is 0 Å². The minimum Gasteiger partial charge on any atom is -0.161 e. The molecule has 1 aromatic heterocycles. The normalized spacial score (nSPS) is 18.8. The van der Waals surface area contributed by atoms with Crippen LogP contribution in [0.15, 0.2) is 0 Å². The van der Waals surface area contributed by atoms with Crippen LogP contribution in [0.1, 0.15) is 44.5 Å². The molecule has 1 aliphatic carbocycles. The summed E-state index contributed by atoms with van der Waals surface area (Å²) in [6.07, 6.45) is 5.95. The van der Waals surface area contributed by atoms with Crippen LogP contribution in [-0.4, -0.2) is 20.2 Å². The minimum atomic E-state index is 0.526. The highest BCUT2D eigenvalue weighted by molar-refractivity contribution is 4.77. The van der Waals surface area contributed by atoms with Crippen molar-refractivity contribution in [1.82, 2.24) is 20.2 Å². The van der Waals surface area contributed by atoms with Gasteiger partial charge in [-0.05, 0) is 18.1 Å². The van der Waals surface area contributed by atoms with E-state index >= 15 is 0 Å². The second-order valence-corrected chi connectivity index (χ2v) is 3.32. The monoisotopic (exact) mass is 166 g/mol. The summed E-state index contributed by atoms with van der Waals surface area (Å²) in [7, 11) is 0. The highest BCUT2D eigenvalue weighted by atomic mass is 15.6. The van der Waals surface area contributed by atoms with E-state index in [2.05, 4.69) is 22.3 Å². The van der Waals surface area contributed by atoms with Gasteiger partial charge in [-0.3, -0.25) is 0 Å². The van der Waals surface area contributed by atoms with Crippen molar-refractivity contribution in [1.29, 1.82) is 0 Å². The van der Waals surface area contributed by atoms with Gasteiger partial charge in [0.05, 0.1) is 6.04 Å². The van der Waals surface area contributed by atoms with Gasteiger partial charge >= 0.3 is 0 Å². The van der Waals surface area contributed by atoms with Crippen molar-refractivity contribution in [2.45, 2.75) is 45.1 Å². The van der Waals surface area contributed by atoms with E-state index in [4.69, 9.17) is 0 Å². The van der Waals surface area contributed by atoms with Crippen LogP contribution in [0.25, 0.3) is 0 Å². The predicted molar refractivity (Wildman–Crippen MR) is 44.7 cm³/mol. The third kappa shape index (κ3) is 1.33. The van der Waals surface area contributed by atoms with E-state index in [1.165, 1.54) is 25.7 Å². The lowest BCUT2D eigenvalue weighted by atomic mass is 10.3. The molecule has 66 valence electrons. The Morgan fingerprint density at radius 1 is 1.42 bits per heavy atom. The molecule has 0 saturated heterocycles. The summed E-state index contributed by atoms with van der Waals surface area (Å²) in [6.45, 7) is 2.05. The van der Waals surface area contributed by atoms with E-state index in [-0.39, 0.29) is 0 Å². The lowest BCUT2D eigenvalue weighted by Gasteiger charge is -2.04. The molecule has 1 aliphatic rings. The second kappa shape index (κ2) is 3.21. The van der Waals surface area contributed by atoms with Crippen LogP contribution in [0.2, 0.25) is 0 Å². The van der Waals surface area contributed by atoms with E-state index in [1.54, 1.807) is 4.80 Å². The van der Waals surface area contributed by atoms with Gasteiger partial charge in [0.15, 0.2) is 5.82 Å². The van der Waals surface area contributed by atoms with Crippen LogP contribution in [-0.2, 0) is 6.42 Å². The molecule has 4 heteroatoms. The topological polar surface area (TPSA) is 43.6 Å². The Bertz CT molecular complexity index is 249. The van der Waals surface area contributed by atoms with Crippen molar-refractivity contribution in [3.05, 3.63) is 5.82 Å². The molecule has 0 unspecified atom stereocenters. The maximum Gasteiger partial charge on any atom is 0.174 e. The van der Waals surface area contributed by atoms with Gasteiger partial charge in [0.2, 0.25) is 0 Å². The fraction of sp³-hybridized carbons (Fsp3) is 0.875. The van der Waals surface area contributed by atoms with E-state index in [1.807, 2.05) is 0 Å². The number of tetrazole rings is 1. The summed E-state index contributed by atoms with van der Waals surface area (Å²) in [4.78, 5) is 1.80. The number of nitrogens with zero attached hydrogens (tertiary/aromatic N) is 4. The molecule has 0 aliphatic heterocycles. The van der Waals surface area contributed by atoms with E-state index in [0.29, 0.717) is 6.04 Å². The molecule has 0 N–H and O–H groups in total. The summed E-state index contributed by atoms with van der Waals surface area (Å²) in [5.41, 5.74) is 0. The number of hydrogen-bond acceptors (Lipinski definition) is 3. The molecule has 1 heterocycles. The molecule has 4 nitrogen and oxygen atoms in total. The van der Waals surface area contributed by atoms with Gasteiger partial charge in [0, 0.05) is 6.42 Å². The van der Waals surface area contributed by atoms with Gasteiger partial charge in [-0.2, -0.15) is 4.80 Å². The Morgan fingerprint density at radius 2 is 2.17 bits per heavy atom. The van der Waals surface area contributed by atoms with Gasteiger partial charge < -0.3 is 0 Å². The summed E-state index contributed by atoms with van der Waals surface area (Å²) < 4.78 is 0. The summed E-state index contributed by atoms with van der Waals surface area (Å²) in [6, 6.07) is 0.526. The van der Waals surface area contributed by atoms with Crippen LogP contribution < -0.4 is 0 Å². The maximum absolute atomic E-state index is 4.31. The summed E-state index contributed by atoms with van der Waals surface area (Å²) in [5.74, 6) is 0.863. The van der Waals surface area contributed by atoms with E-state index in [0.717, 1.165) is 12.2 Å². The quantitative estimate of drug-likeness (QED) is 0.666. The molecule has 0 amide bonds. The molecule has 12 heavy (non-hydrogen) atoms.